The van der Waals surface area contributed by atoms with Crippen molar-refractivity contribution in [3.8, 4) is 0 Å². The Morgan fingerprint density at radius 2 is 2.22 bits per heavy atom. The molecule has 2 unspecified atom stereocenters. The van der Waals surface area contributed by atoms with E-state index in [2.05, 4.69) is 6.08 Å². The molecule has 0 aromatic heterocycles. The van der Waals surface area contributed by atoms with Crippen LogP contribution in [-0.4, -0.2) is 11.2 Å². The van der Waals surface area contributed by atoms with Crippen molar-refractivity contribution in [2.24, 2.45) is 5.92 Å². The lowest BCUT2D eigenvalue weighted by Gasteiger charge is -2.06. The van der Waals surface area contributed by atoms with Crippen LogP contribution in [0.2, 0.25) is 0 Å². The third-order valence-corrected chi connectivity index (χ3v) is 1.97. The predicted molar refractivity (Wildman–Crippen MR) is 38.2 cm³/mol. The van der Waals surface area contributed by atoms with Gasteiger partial charge in [-0.25, -0.2) is 0 Å². The van der Waals surface area contributed by atoms with Crippen LogP contribution in [0.4, 0.5) is 0 Å². The molecule has 1 rings (SSSR count). The average molecular weight is 126 g/mol. The molecule has 1 heteroatoms. The van der Waals surface area contributed by atoms with E-state index in [4.69, 9.17) is 0 Å². The molecule has 0 aromatic carbocycles. The van der Waals surface area contributed by atoms with Gasteiger partial charge >= 0.3 is 0 Å². The molecule has 0 heterocycles. The summed E-state index contributed by atoms with van der Waals surface area (Å²) in [6.45, 7) is 2.00. The number of aliphatic hydroxyl groups excluding tert-OH is 1. The van der Waals surface area contributed by atoms with Gasteiger partial charge in [-0.2, -0.15) is 0 Å². The minimum Gasteiger partial charge on any atom is -0.393 e. The van der Waals surface area contributed by atoms with Crippen LogP contribution in [0.5, 0.6) is 0 Å². The standard InChI is InChI=1S/C8H14O/c1-2-4-7-5-3-6-8(7)9/h2,4,7-9H,3,5-6H2,1H3/b4-2+. The summed E-state index contributed by atoms with van der Waals surface area (Å²) in [5.74, 6) is 0.454. The number of hydrogen-bond acceptors (Lipinski definition) is 1. The molecule has 0 aromatic rings. The maximum Gasteiger partial charge on any atom is 0.0602 e. The number of allylic oxidation sites excluding steroid dienone is 1. The Hall–Kier alpha value is -0.300. The monoisotopic (exact) mass is 126 g/mol. The first-order chi connectivity index (χ1) is 4.34. The molecule has 0 spiro atoms. The third-order valence-electron chi connectivity index (χ3n) is 1.97. The molecular weight excluding hydrogens is 112 g/mol. The zero-order chi connectivity index (χ0) is 6.69. The SMILES string of the molecule is C/C=C/C1CCCC1O. The van der Waals surface area contributed by atoms with Crippen LogP contribution < -0.4 is 0 Å². The van der Waals surface area contributed by atoms with Crippen LogP contribution in [0.3, 0.4) is 0 Å². The maximum atomic E-state index is 9.27. The van der Waals surface area contributed by atoms with Crippen LogP contribution in [0, 0.1) is 5.92 Å². The van der Waals surface area contributed by atoms with E-state index in [1.165, 1.54) is 12.8 Å². The summed E-state index contributed by atoms with van der Waals surface area (Å²) in [7, 11) is 0. The largest absolute Gasteiger partial charge is 0.393 e. The number of rotatable bonds is 1. The van der Waals surface area contributed by atoms with Gasteiger partial charge in [0.15, 0.2) is 0 Å². The van der Waals surface area contributed by atoms with E-state index in [0.29, 0.717) is 5.92 Å². The van der Waals surface area contributed by atoms with E-state index in [9.17, 15) is 5.11 Å². The molecule has 1 N–H and O–H groups in total. The Bertz CT molecular complexity index is 107. The second kappa shape index (κ2) is 3.02. The lowest BCUT2D eigenvalue weighted by Crippen LogP contribution is -2.09. The van der Waals surface area contributed by atoms with Crippen LogP contribution in [-0.2, 0) is 0 Å². The van der Waals surface area contributed by atoms with E-state index in [-0.39, 0.29) is 6.10 Å². The fourth-order valence-electron chi connectivity index (χ4n) is 1.44. The molecule has 1 aliphatic carbocycles. The highest BCUT2D eigenvalue weighted by Gasteiger charge is 2.21. The van der Waals surface area contributed by atoms with Gasteiger partial charge in [-0.1, -0.05) is 18.6 Å². The van der Waals surface area contributed by atoms with Gasteiger partial charge in [0, 0.05) is 5.92 Å². The van der Waals surface area contributed by atoms with Gasteiger partial charge < -0.3 is 5.11 Å². The zero-order valence-corrected chi connectivity index (χ0v) is 5.88. The molecule has 52 valence electrons. The smallest absolute Gasteiger partial charge is 0.0602 e. The maximum absolute atomic E-state index is 9.27. The number of hydrogen-bond donors (Lipinski definition) is 1. The Labute approximate surface area is 56.4 Å². The van der Waals surface area contributed by atoms with Gasteiger partial charge in [0.05, 0.1) is 6.10 Å². The van der Waals surface area contributed by atoms with E-state index in [0.717, 1.165) is 6.42 Å². The van der Waals surface area contributed by atoms with Crippen LogP contribution in [0.25, 0.3) is 0 Å². The zero-order valence-electron chi connectivity index (χ0n) is 5.88. The summed E-state index contributed by atoms with van der Waals surface area (Å²) >= 11 is 0. The molecule has 1 aliphatic rings. The summed E-state index contributed by atoms with van der Waals surface area (Å²) in [5.41, 5.74) is 0. The van der Waals surface area contributed by atoms with E-state index in [1.54, 1.807) is 0 Å². The van der Waals surface area contributed by atoms with E-state index >= 15 is 0 Å². The second-order valence-corrected chi connectivity index (χ2v) is 2.69. The summed E-state index contributed by atoms with van der Waals surface area (Å²) < 4.78 is 0. The molecule has 1 saturated carbocycles. The average Bonchev–Trinajstić information content (AvgIpc) is 2.18. The fourth-order valence-corrected chi connectivity index (χ4v) is 1.44. The minimum atomic E-state index is -0.0544. The third kappa shape index (κ3) is 1.55. The van der Waals surface area contributed by atoms with Crippen molar-refractivity contribution in [2.75, 3.05) is 0 Å². The van der Waals surface area contributed by atoms with Gasteiger partial charge in [0.2, 0.25) is 0 Å². The first-order valence-electron chi connectivity index (χ1n) is 3.65. The Morgan fingerprint density at radius 1 is 1.44 bits per heavy atom. The highest BCUT2D eigenvalue weighted by Crippen LogP contribution is 2.26. The highest BCUT2D eigenvalue weighted by atomic mass is 16.3. The normalized spacial score (nSPS) is 36.2. The molecule has 0 saturated heterocycles. The van der Waals surface area contributed by atoms with Gasteiger partial charge in [0.25, 0.3) is 0 Å². The van der Waals surface area contributed by atoms with Crippen LogP contribution >= 0.6 is 0 Å². The first-order valence-corrected chi connectivity index (χ1v) is 3.65. The molecule has 0 bridgehead atoms. The van der Waals surface area contributed by atoms with Gasteiger partial charge in [-0.3, -0.25) is 0 Å². The molecule has 1 nitrogen and oxygen atoms in total. The Morgan fingerprint density at radius 3 is 2.67 bits per heavy atom. The van der Waals surface area contributed by atoms with Crippen molar-refractivity contribution < 1.29 is 5.11 Å². The van der Waals surface area contributed by atoms with Gasteiger partial charge in [-0.15, -0.1) is 0 Å². The van der Waals surface area contributed by atoms with Crippen molar-refractivity contribution in [1.82, 2.24) is 0 Å². The molecule has 0 aliphatic heterocycles. The molecule has 1 fully saturated rings. The van der Waals surface area contributed by atoms with Crippen LogP contribution in [0.1, 0.15) is 26.2 Å². The van der Waals surface area contributed by atoms with Crippen molar-refractivity contribution in [3.63, 3.8) is 0 Å². The summed E-state index contributed by atoms with van der Waals surface area (Å²) in [5, 5.41) is 9.27. The summed E-state index contributed by atoms with van der Waals surface area (Å²) in [4.78, 5) is 0. The van der Waals surface area contributed by atoms with Crippen molar-refractivity contribution in [2.45, 2.75) is 32.3 Å². The molecule has 0 amide bonds. The van der Waals surface area contributed by atoms with Crippen molar-refractivity contribution >= 4 is 0 Å². The van der Waals surface area contributed by atoms with Crippen LogP contribution in [0.15, 0.2) is 12.2 Å². The second-order valence-electron chi connectivity index (χ2n) is 2.69. The van der Waals surface area contributed by atoms with Crippen molar-refractivity contribution in [1.29, 1.82) is 0 Å². The van der Waals surface area contributed by atoms with Gasteiger partial charge in [0.1, 0.15) is 0 Å². The predicted octanol–water partition coefficient (Wildman–Crippen LogP) is 1.72. The first kappa shape index (κ1) is 6.81. The lowest BCUT2D eigenvalue weighted by molar-refractivity contribution is 0.153. The quantitative estimate of drug-likeness (QED) is 0.530. The lowest BCUT2D eigenvalue weighted by atomic mass is 10.1. The summed E-state index contributed by atoms with van der Waals surface area (Å²) in [6.07, 6.45) is 7.44. The van der Waals surface area contributed by atoms with Gasteiger partial charge in [-0.05, 0) is 19.8 Å². The molecular formula is C8H14O. The Kier molecular flexibility index (Phi) is 2.29. The molecule has 0 radical (unpaired) electrons. The highest BCUT2D eigenvalue weighted by molar-refractivity contribution is 4.93. The topological polar surface area (TPSA) is 20.2 Å². The Balaban J connectivity index is 2.39. The van der Waals surface area contributed by atoms with E-state index < -0.39 is 0 Å². The fraction of sp³-hybridized carbons (Fsp3) is 0.750. The minimum absolute atomic E-state index is 0.0544. The van der Waals surface area contributed by atoms with E-state index in [1.807, 2.05) is 13.0 Å². The van der Waals surface area contributed by atoms with Crippen molar-refractivity contribution in [3.05, 3.63) is 12.2 Å². The molecule has 9 heavy (non-hydrogen) atoms. The number of aliphatic hydroxyl groups is 1. The molecule has 2 atom stereocenters. The summed E-state index contributed by atoms with van der Waals surface area (Å²) in [6, 6.07) is 0.